The number of hydrogen-bond donors (Lipinski definition) is 2. The largest absolute Gasteiger partial charge is 0.378 e. The first-order valence-electron chi connectivity index (χ1n) is 5.12. The molecule has 1 aliphatic rings. The van der Waals surface area contributed by atoms with E-state index in [1.165, 1.54) is 0 Å². The van der Waals surface area contributed by atoms with E-state index in [-0.39, 0.29) is 6.04 Å². The molecule has 0 amide bonds. The molecule has 1 saturated heterocycles. The number of nitrogens with one attached hydrogen (secondary N) is 1. The van der Waals surface area contributed by atoms with E-state index >= 15 is 0 Å². The zero-order chi connectivity index (χ0) is 10.7. The van der Waals surface area contributed by atoms with E-state index in [0.29, 0.717) is 6.10 Å². The van der Waals surface area contributed by atoms with E-state index < -0.39 is 0 Å². The van der Waals surface area contributed by atoms with Crippen LogP contribution in [0, 0.1) is 0 Å². The molecule has 2 unspecified atom stereocenters. The minimum Gasteiger partial charge on any atom is -0.378 e. The van der Waals surface area contributed by atoms with Crippen LogP contribution in [0.2, 0.25) is 5.02 Å². The van der Waals surface area contributed by atoms with Gasteiger partial charge in [0.05, 0.1) is 17.2 Å². The molecule has 15 heavy (non-hydrogen) atoms. The van der Waals surface area contributed by atoms with Gasteiger partial charge in [-0.25, -0.2) is 0 Å². The molecule has 1 aromatic heterocycles. The van der Waals surface area contributed by atoms with Crippen LogP contribution >= 0.6 is 22.9 Å². The first-order valence-corrected chi connectivity index (χ1v) is 6.37. The van der Waals surface area contributed by atoms with Gasteiger partial charge in [0.15, 0.2) is 0 Å². The van der Waals surface area contributed by atoms with Crippen LogP contribution in [0.25, 0.3) is 0 Å². The van der Waals surface area contributed by atoms with Gasteiger partial charge < -0.3 is 4.74 Å². The van der Waals surface area contributed by atoms with Crippen molar-refractivity contribution in [3.8, 4) is 0 Å². The second-order valence-electron chi connectivity index (χ2n) is 3.72. The van der Waals surface area contributed by atoms with Gasteiger partial charge in [-0.15, -0.1) is 11.3 Å². The molecule has 0 bridgehead atoms. The number of hydrazine groups is 1. The predicted molar refractivity (Wildman–Crippen MR) is 63.0 cm³/mol. The maximum Gasteiger partial charge on any atom is 0.0595 e. The first-order chi connectivity index (χ1) is 7.31. The molecular formula is C10H15ClN2OS. The lowest BCUT2D eigenvalue weighted by molar-refractivity contribution is 0.0949. The average molecular weight is 247 g/mol. The van der Waals surface area contributed by atoms with Gasteiger partial charge in [-0.2, -0.15) is 0 Å². The minimum absolute atomic E-state index is 0.112. The Kier molecular flexibility index (Phi) is 3.99. The third-order valence-corrected chi connectivity index (χ3v) is 4.16. The Morgan fingerprint density at radius 1 is 1.73 bits per heavy atom. The summed E-state index contributed by atoms with van der Waals surface area (Å²) in [6.07, 6.45) is 3.50. The summed E-state index contributed by atoms with van der Waals surface area (Å²) in [5.74, 6) is 5.55. The molecule has 0 saturated carbocycles. The second kappa shape index (κ2) is 5.27. The molecular weight excluding hydrogens is 232 g/mol. The summed E-state index contributed by atoms with van der Waals surface area (Å²) in [6.45, 7) is 0.875. The number of ether oxygens (including phenoxy) is 1. The predicted octanol–water partition coefficient (Wildman–Crippen LogP) is 2.48. The van der Waals surface area contributed by atoms with Crippen molar-refractivity contribution in [2.45, 2.75) is 31.4 Å². The van der Waals surface area contributed by atoms with Crippen LogP contribution in [0.4, 0.5) is 0 Å². The first kappa shape index (κ1) is 11.4. The van der Waals surface area contributed by atoms with Crippen LogP contribution in [-0.2, 0) is 4.74 Å². The van der Waals surface area contributed by atoms with Gasteiger partial charge in [-0.05, 0) is 30.7 Å². The average Bonchev–Trinajstić information content (AvgIpc) is 2.85. The van der Waals surface area contributed by atoms with Gasteiger partial charge in [-0.3, -0.25) is 11.3 Å². The van der Waals surface area contributed by atoms with Crippen molar-refractivity contribution in [3.63, 3.8) is 0 Å². The fraction of sp³-hybridized carbons (Fsp3) is 0.600. The maximum absolute atomic E-state index is 6.07. The van der Waals surface area contributed by atoms with Crippen LogP contribution in [0.1, 0.15) is 30.2 Å². The molecule has 0 radical (unpaired) electrons. The van der Waals surface area contributed by atoms with Gasteiger partial charge in [0.2, 0.25) is 0 Å². The SMILES string of the molecule is NNC(CC1CCCO1)c1sccc1Cl. The van der Waals surface area contributed by atoms with Crippen molar-refractivity contribution in [1.82, 2.24) is 5.43 Å². The molecule has 3 N–H and O–H groups in total. The summed E-state index contributed by atoms with van der Waals surface area (Å²) in [6, 6.07) is 2.02. The summed E-state index contributed by atoms with van der Waals surface area (Å²) < 4.78 is 5.59. The highest BCUT2D eigenvalue weighted by molar-refractivity contribution is 7.10. The Hall–Kier alpha value is -0.130. The van der Waals surface area contributed by atoms with Crippen molar-refractivity contribution in [1.29, 1.82) is 0 Å². The molecule has 1 fully saturated rings. The van der Waals surface area contributed by atoms with Crippen LogP contribution in [-0.4, -0.2) is 12.7 Å². The molecule has 0 aliphatic carbocycles. The van der Waals surface area contributed by atoms with Gasteiger partial charge in [0.25, 0.3) is 0 Å². The number of nitrogens with two attached hydrogens (primary N) is 1. The molecule has 84 valence electrons. The fourth-order valence-corrected chi connectivity index (χ4v) is 3.16. The highest BCUT2D eigenvalue weighted by Crippen LogP contribution is 2.32. The van der Waals surface area contributed by atoms with Gasteiger partial charge in [-0.1, -0.05) is 11.6 Å². The number of rotatable bonds is 4. The highest BCUT2D eigenvalue weighted by atomic mass is 35.5. The van der Waals surface area contributed by atoms with E-state index in [9.17, 15) is 0 Å². The third-order valence-electron chi connectivity index (χ3n) is 2.69. The summed E-state index contributed by atoms with van der Waals surface area (Å²) in [7, 11) is 0. The number of hydrogen-bond acceptors (Lipinski definition) is 4. The molecule has 1 aromatic rings. The monoisotopic (exact) mass is 246 g/mol. The van der Waals surface area contributed by atoms with Crippen molar-refractivity contribution < 1.29 is 4.74 Å². The van der Waals surface area contributed by atoms with Gasteiger partial charge in [0.1, 0.15) is 0 Å². The van der Waals surface area contributed by atoms with Crippen molar-refractivity contribution in [3.05, 3.63) is 21.3 Å². The molecule has 3 nitrogen and oxygen atoms in total. The third kappa shape index (κ3) is 2.71. The van der Waals surface area contributed by atoms with Crippen molar-refractivity contribution in [2.75, 3.05) is 6.61 Å². The van der Waals surface area contributed by atoms with E-state index in [2.05, 4.69) is 5.43 Å². The zero-order valence-corrected chi connectivity index (χ0v) is 9.98. The smallest absolute Gasteiger partial charge is 0.0595 e. The van der Waals surface area contributed by atoms with E-state index in [1.54, 1.807) is 11.3 Å². The summed E-state index contributed by atoms with van der Waals surface area (Å²) >= 11 is 7.71. The normalized spacial score (nSPS) is 23.2. The Bertz CT molecular complexity index is 312. The fourth-order valence-electron chi connectivity index (χ4n) is 1.90. The van der Waals surface area contributed by atoms with Crippen LogP contribution in [0.15, 0.2) is 11.4 Å². The second-order valence-corrected chi connectivity index (χ2v) is 5.08. The Balaban J connectivity index is 2.00. The van der Waals surface area contributed by atoms with Crippen LogP contribution < -0.4 is 11.3 Å². The zero-order valence-electron chi connectivity index (χ0n) is 8.41. The van der Waals surface area contributed by atoms with E-state index in [1.807, 2.05) is 11.4 Å². The quantitative estimate of drug-likeness (QED) is 0.634. The topological polar surface area (TPSA) is 47.3 Å². The molecule has 2 atom stereocenters. The van der Waals surface area contributed by atoms with Gasteiger partial charge >= 0.3 is 0 Å². The molecule has 5 heteroatoms. The molecule has 0 aromatic carbocycles. The highest BCUT2D eigenvalue weighted by Gasteiger charge is 2.23. The minimum atomic E-state index is 0.112. The number of thiophene rings is 1. The van der Waals surface area contributed by atoms with E-state index in [0.717, 1.165) is 35.8 Å². The Labute approximate surface area is 98.5 Å². The lowest BCUT2D eigenvalue weighted by Gasteiger charge is -2.18. The molecule has 0 spiro atoms. The van der Waals surface area contributed by atoms with E-state index in [4.69, 9.17) is 22.2 Å². The van der Waals surface area contributed by atoms with Crippen molar-refractivity contribution >= 4 is 22.9 Å². The van der Waals surface area contributed by atoms with Crippen LogP contribution in [0.5, 0.6) is 0 Å². The summed E-state index contributed by atoms with van der Waals surface area (Å²) in [5, 5.41) is 2.78. The summed E-state index contributed by atoms with van der Waals surface area (Å²) in [4.78, 5) is 1.11. The standard InChI is InChI=1S/C10H15ClN2OS/c11-8-3-5-15-10(8)9(13-12)6-7-2-1-4-14-7/h3,5,7,9,13H,1-2,4,6,12H2. The Morgan fingerprint density at radius 3 is 3.13 bits per heavy atom. The molecule has 2 heterocycles. The Morgan fingerprint density at radius 2 is 2.60 bits per heavy atom. The maximum atomic E-state index is 6.07. The molecule has 1 aliphatic heterocycles. The van der Waals surface area contributed by atoms with Gasteiger partial charge in [0, 0.05) is 11.5 Å². The van der Waals surface area contributed by atoms with Crippen molar-refractivity contribution in [2.24, 2.45) is 5.84 Å². The lowest BCUT2D eigenvalue weighted by Crippen LogP contribution is -2.30. The lowest BCUT2D eigenvalue weighted by atomic mass is 10.1. The van der Waals surface area contributed by atoms with Crippen LogP contribution in [0.3, 0.4) is 0 Å². The summed E-state index contributed by atoms with van der Waals surface area (Å²) in [5.41, 5.74) is 2.82. The number of halogens is 1. The molecule has 2 rings (SSSR count).